The molecule has 3 rings (SSSR count). The van der Waals surface area contributed by atoms with Gasteiger partial charge in [-0.2, -0.15) is 0 Å². The highest BCUT2D eigenvalue weighted by Gasteiger charge is 2.22. The molecule has 5 nitrogen and oxygen atoms in total. The van der Waals surface area contributed by atoms with Gasteiger partial charge in [0, 0.05) is 5.02 Å². The van der Waals surface area contributed by atoms with Crippen LogP contribution in [-0.2, 0) is 6.61 Å². The zero-order chi connectivity index (χ0) is 13.1. The van der Waals surface area contributed by atoms with Crippen LogP contribution in [0.2, 0.25) is 5.02 Å². The SMILES string of the molecule is Clc1cccc(OCc2nnc(C3CCCN3)o2)c1. The minimum atomic E-state index is 0.187. The quantitative estimate of drug-likeness (QED) is 0.932. The van der Waals surface area contributed by atoms with Gasteiger partial charge in [-0.1, -0.05) is 17.7 Å². The molecule has 1 N–H and O–H groups in total. The fraction of sp³-hybridized carbons (Fsp3) is 0.385. The van der Waals surface area contributed by atoms with Gasteiger partial charge in [-0.3, -0.25) is 0 Å². The molecule has 0 bridgehead atoms. The minimum absolute atomic E-state index is 0.187. The Balaban J connectivity index is 1.61. The van der Waals surface area contributed by atoms with Gasteiger partial charge in [0.1, 0.15) is 5.75 Å². The zero-order valence-electron chi connectivity index (χ0n) is 10.3. The van der Waals surface area contributed by atoms with Crippen LogP contribution < -0.4 is 10.1 Å². The van der Waals surface area contributed by atoms with Crippen molar-refractivity contribution < 1.29 is 9.15 Å². The van der Waals surface area contributed by atoms with Gasteiger partial charge in [-0.15, -0.1) is 10.2 Å². The molecular formula is C13H14ClN3O2. The summed E-state index contributed by atoms with van der Waals surface area (Å²) in [5.41, 5.74) is 0. The van der Waals surface area contributed by atoms with E-state index >= 15 is 0 Å². The van der Waals surface area contributed by atoms with Gasteiger partial charge in [-0.25, -0.2) is 0 Å². The monoisotopic (exact) mass is 279 g/mol. The first-order valence-corrected chi connectivity index (χ1v) is 6.63. The number of hydrogen-bond donors (Lipinski definition) is 1. The summed E-state index contributed by atoms with van der Waals surface area (Å²) < 4.78 is 11.1. The Morgan fingerprint density at radius 1 is 1.42 bits per heavy atom. The number of benzene rings is 1. The molecule has 0 spiro atoms. The first-order valence-electron chi connectivity index (χ1n) is 6.25. The van der Waals surface area contributed by atoms with Crippen LogP contribution in [0.15, 0.2) is 28.7 Å². The van der Waals surface area contributed by atoms with Crippen LogP contribution in [0.1, 0.15) is 30.7 Å². The van der Waals surface area contributed by atoms with Crippen LogP contribution in [0.3, 0.4) is 0 Å². The second kappa shape index (κ2) is 5.59. The molecule has 0 aliphatic carbocycles. The second-order valence-electron chi connectivity index (χ2n) is 4.43. The maximum absolute atomic E-state index is 5.88. The number of rotatable bonds is 4. The number of nitrogens with zero attached hydrogens (tertiary/aromatic N) is 2. The normalized spacial score (nSPS) is 18.7. The topological polar surface area (TPSA) is 60.2 Å². The van der Waals surface area contributed by atoms with Gasteiger partial charge in [0.05, 0.1) is 6.04 Å². The van der Waals surface area contributed by atoms with Gasteiger partial charge in [0.15, 0.2) is 6.61 Å². The second-order valence-corrected chi connectivity index (χ2v) is 4.87. The molecule has 1 aliphatic heterocycles. The predicted octanol–water partition coefficient (Wildman–Crippen LogP) is 2.73. The van der Waals surface area contributed by atoms with Crippen LogP contribution in [-0.4, -0.2) is 16.7 Å². The molecule has 1 saturated heterocycles. The minimum Gasteiger partial charge on any atom is -0.484 e. The molecule has 0 saturated carbocycles. The summed E-state index contributed by atoms with van der Waals surface area (Å²) in [4.78, 5) is 0. The highest BCUT2D eigenvalue weighted by Crippen LogP contribution is 2.22. The van der Waals surface area contributed by atoms with Gasteiger partial charge in [0.2, 0.25) is 5.89 Å². The van der Waals surface area contributed by atoms with E-state index in [0.717, 1.165) is 19.4 Å². The van der Waals surface area contributed by atoms with E-state index in [4.69, 9.17) is 20.8 Å². The van der Waals surface area contributed by atoms with E-state index in [2.05, 4.69) is 15.5 Å². The summed E-state index contributed by atoms with van der Waals surface area (Å²) >= 11 is 5.88. The Bertz CT molecular complexity index is 552. The van der Waals surface area contributed by atoms with E-state index < -0.39 is 0 Å². The Morgan fingerprint density at radius 2 is 2.37 bits per heavy atom. The van der Waals surface area contributed by atoms with Gasteiger partial charge >= 0.3 is 0 Å². The van der Waals surface area contributed by atoms with Crippen molar-refractivity contribution in [3.8, 4) is 5.75 Å². The molecule has 0 amide bonds. The van der Waals surface area contributed by atoms with Crippen LogP contribution in [0.25, 0.3) is 0 Å². The number of ether oxygens (including phenoxy) is 1. The van der Waals surface area contributed by atoms with Crippen LogP contribution in [0.5, 0.6) is 5.75 Å². The molecule has 19 heavy (non-hydrogen) atoms. The fourth-order valence-electron chi connectivity index (χ4n) is 2.06. The molecule has 1 unspecified atom stereocenters. The van der Waals surface area contributed by atoms with Crippen molar-refractivity contribution >= 4 is 11.6 Å². The van der Waals surface area contributed by atoms with E-state index in [1.54, 1.807) is 12.1 Å². The standard InChI is InChI=1S/C13H14ClN3O2/c14-9-3-1-4-10(7-9)18-8-12-16-17-13(19-12)11-5-2-6-15-11/h1,3-4,7,11,15H,2,5-6,8H2. The largest absolute Gasteiger partial charge is 0.484 e. The fourth-order valence-corrected chi connectivity index (χ4v) is 2.24. The summed E-state index contributed by atoms with van der Waals surface area (Å²) in [6, 6.07) is 7.40. The third-order valence-corrected chi connectivity index (χ3v) is 3.23. The molecule has 0 radical (unpaired) electrons. The van der Waals surface area contributed by atoms with E-state index in [9.17, 15) is 0 Å². The predicted molar refractivity (Wildman–Crippen MR) is 70.1 cm³/mol. The Labute approximate surface area is 115 Å². The van der Waals surface area contributed by atoms with E-state index in [1.165, 1.54) is 0 Å². The molecule has 1 aliphatic rings. The third kappa shape index (κ3) is 3.05. The molecule has 2 heterocycles. The molecule has 1 aromatic heterocycles. The van der Waals surface area contributed by atoms with Crippen molar-refractivity contribution in [2.45, 2.75) is 25.5 Å². The van der Waals surface area contributed by atoms with Gasteiger partial charge < -0.3 is 14.5 Å². The molecule has 1 fully saturated rings. The summed E-state index contributed by atoms with van der Waals surface area (Å²) in [6.45, 7) is 1.25. The number of aromatic nitrogens is 2. The van der Waals surface area contributed by atoms with Crippen molar-refractivity contribution in [1.29, 1.82) is 0 Å². The van der Waals surface area contributed by atoms with Crippen molar-refractivity contribution in [2.75, 3.05) is 6.54 Å². The highest BCUT2D eigenvalue weighted by atomic mass is 35.5. The maximum Gasteiger partial charge on any atom is 0.253 e. The average Bonchev–Trinajstić information content (AvgIpc) is 3.07. The zero-order valence-corrected chi connectivity index (χ0v) is 11.1. The molecule has 2 aromatic rings. The lowest BCUT2D eigenvalue weighted by Gasteiger charge is -2.04. The Kier molecular flexibility index (Phi) is 3.66. The van der Waals surface area contributed by atoms with Crippen LogP contribution >= 0.6 is 11.6 Å². The van der Waals surface area contributed by atoms with Crippen molar-refractivity contribution in [2.24, 2.45) is 0 Å². The lowest BCUT2D eigenvalue weighted by molar-refractivity contribution is 0.255. The Hall–Kier alpha value is -1.59. The summed E-state index contributed by atoms with van der Waals surface area (Å²) in [6.07, 6.45) is 2.18. The maximum atomic E-state index is 5.88. The van der Waals surface area contributed by atoms with Crippen LogP contribution in [0, 0.1) is 0 Å². The number of nitrogens with one attached hydrogen (secondary N) is 1. The molecule has 100 valence electrons. The van der Waals surface area contributed by atoms with Crippen molar-refractivity contribution in [3.63, 3.8) is 0 Å². The third-order valence-electron chi connectivity index (χ3n) is 3.00. The lowest BCUT2D eigenvalue weighted by Crippen LogP contribution is -2.12. The Morgan fingerprint density at radius 3 is 3.16 bits per heavy atom. The van der Waals surface area contributed by atoms with E-state index in [-0.39, 0.29) is 12.6 Å². The van der Waals surface area contributed by atoms with Crippen LogP contribution in [0.4, 0.5) is 0 Å². The van der Waals surface area contributed by atoms with Gasteiger partial charge in [-0.05, 0) is 37.6 Å². The molecule has 6 heteroatoms. The van der Waals surface area contributed by atoms with E-state index in [1.807, 2.05) is 12.1 Å². The van der Waals surface area contributed by atoms with Crippen molar-refractivity contribution in [1.82, 2.24) is 15.5 Å². The molecule has 1 atom stereocenters. The number of hydrogen-bond acceptors (Lipinski definition) is 5. The first-order chi connectivity index (χ1) is 9.31. The molecule has 1 aromatic carbocycles. The number of halogens is 1. The van der Waals surface area contributed by atoms with E-state index in [0.29, 0.717) is 22.6 Å². The first kappa shape index (κ1) is 12.4. The summed E-state index contributed by atoms with van der Waals surface area (Å²) in [7, 11) is 0. The lowest BCUT2D eigenvalue weighted by atomic mass is 10.2. The smallest absolute Gasteiger partial charge is 0.253 e. The summed E-state index contributed by atoms with van der Waals surface area (Å²) in [5.74, 6) is 1.80. The average molecular weight is 280 g/mol. The van der Waals surface area contributed by atoms with Crippen molar-refractivity contribution in [3.05, 3.63) is 41.1 Å². The molecular weight excluding hydrogens is 266 g/mol. The highest BCUT2D eigenvalue weighted by molar-refractivity contribution is 6.30. The summed E-state index contributed by atoms with van der Waals surface area (Å²) in [5, 5.41) is 12.0. The van der Waals surface area contributed by atoms with Gasteiger partial charge in [0.25, 0.3) is 5.89 Å².